The third kappa shape index (κ3) is 1.79. The predicted octanol–water partition coefficient (Wildman–Crippen LogP) is 2.29. The van der Waals surface area contributed by atoms with Crippen molar-refractivity contribution in [2.45, 2.75) is 25.7 Å². The fourth-order valence-electron chi connectivity index (χ4n) is 2.64. The van der Waals surface area contributed by atoms with Crippen LogP contribution in [-0.2, 0) is 16.0 Å². The molecule has 1 aliphatic carbocycles. The lowest BCUT2D eigenvalue weighted by Crippen LogP contribution is -2.07. The minimum absolute atomic E-state index is 0.0472. The molecule has 3 nitrogen and oxygen atoms in total. The highest BCUT2D eigenvalue weighted by Gasteiger charge is 2.46. The van der Waals surface area contributed by atoms with Crippen molar-refractivity contribution in [1.29, 1.82) is 0 Å². The molecule has 1 aromatic carbocycles. The summed E-state index contributed by atoms with van der Waals surface area (Å²) in [5.41, 5.74) is 2.59. The molecule has 17 heavy (non-hydrogen) atoms. The van der Waals surface area contributed by atoms with Crippen molar-refractivity contribution < 1.29 is 14.3 Å². The van der Waals surface area contributed by atoms with E-state index < -0.39 is 0 Å². The number of ether oxygens (including phenoxy) is 2. The zero-order valence-electron chi connectivity index (χ0n) is 9.94. The van der Waals surface area contributed by atoms with Crippen molar-refractivity contribution >= 4 is 5.97 Å². The maximum Gasteiger partial charge on any atom is 0.309 e. The first kappa shape index (κ1) is 10.6. The van der Waals surface area contributed by atoms with Crippen LogP contribution in [0.3, 0.4) is 0 Å². The number of fused-ring (bicyclic) bond motifs is 1. The quantitative estimate of drug-likeness (QED) is 0.750. The first-order valence-electron chi connectivity index (χ1n) is 6.22. The largest absolute Gasteiger partial charge is 0.493 e. The fourth-order valence-corrected chi connectivity index (χ4v) is 2.64. The van der Waals surface area contributed by atoms with Gasteiger partial charge in [-0.3, -0.25) is 4.79 Å². The zero-order chi connectivity index (χ0) is 11.8. The number of carbonyl (C=O) groups is 1. The Balaban J connectivity index is 1.79. The summed E-state index contributed by atoms with van der Waals surface area (Å²) in [4.78, 5) is 11.6. The number of carbonyl (C=O) groups excluding carboxylic acids is 1. The van der Waals surface area contributed by atoms with Crippen LogP contribution < -0.4 is 4.74 Å². The van der Waals surface area contributed by atoms with Crippen LogP contribution in [0.1, 0.15) is 30.4 Å². The number of rotatable bonds is 3. The van der Waals surface area contributed by atoms with E-state index in [1.807, 2.05) is 19.1 Å². The lowest BCUT2D eigenvalue weighted by Gasteiger charge is -2.06. The third-order valence-corrected chi connectivity index (χ3v) is 3.56. The van der Waals surface area contributed by atoms with Crippen LogP contribution >= 0.6 is 0 Å². The summed E-state index contributed by atoms with van der Waals surface area (Å²) < 4.78 is 10.6. The molecule has 3 rings (SSSR count). The summed E-state index contributed by atoms with van der Waals surface area (Å²) in [7, 11) is 0. The van der Waals surface area contributed by atoms with Gasteiger partial charge in [-0.1, -0.05) is 12.1 Å². The molecule has 2 aliphatic rings. The SMILES string of the molecule is CCOC(=O)[C@H]1C[C@@H]1c1cccc2c1CCO2. The van der Waals surface area contributed by atoms with Crippen LogP contribution in [0.2, 0.25) is 0 Å². The molecule has 3 heteroatoms. The molecule has 1 aromatic rings. The Hall–Kier alpha value is -1.51. The standard InChI is InChI=1S/C14H16O3/c1-2-16-14(15)12-8-11(12)9-4-3-5-13-10(9)6-7-17-13/h3-5,11-12H,2,6-8H2,1H3/t11-,12+/m1/s1. The molecule has 0 radical (unpaired) electrons. The summed E-state index contributed by atoms with van der Waals surface area (Å²) in [6, 6.07) is 6.14. The number of esters is 1. The minimum Gasteiger partial charge on any atom is -0.493 e. The molecule has 1 fully saturated rings. The van der Waals surface area contributed by atoms with Crippen LogP contribution in [-0.4, -0.2) is 19.2 Å². The highest BCUT2D eigenvalue weighted by Crippen LogP contribution is 2.51. The van der Waals surface area contributed by atoms with Crippen LogP contribution in [0.15, 0.2) is 18.2 Å². The van der Waals surface area contributed by atoms with Crippen LogP contribution in [0.25, 0.3) is 0 Å². The minimum atomic E-state index is -0.0472. The molecule has 90 valence electrons. The van der Waals surface area contributed by atoms with E-state index in [2.05, 4.69) is 6.07 Å². The Morgan fingerprint density at radius 3 is 3.24 bits per heavy atom. The molecular formula is C14H16O3. The molecule has 0 spiro atoms. The molecule has 0 amide bonds. The number of hydrogen-bond acceptors (Lipinski definition) is 3. The second kappa shape index (κ2) is 4.06. The Morgan fingerprint density at radius 2 is 2.41 bits per heavy atom. The van der Waals surface area contributed by atoms with Gasteiger partial charge in [-0.25, -0.2) is 0 Å². The van der Waals surface area contributed by atoms with Gasteiger partial charge in [0.1, 0.15) is 5.75 Å². The predicted molar refractivity (Wildman–Crippen MR) is 63.1 cm³/mol. The van der Waals surface area contributed by atoms with Gasteiger partial charge >= 0.3 is 5.97 Å². The summed E-state index contributed by atoms with van der Waals surface area (Å²) in [5.74, 6) is 1.37. The van der Waals surface area contributed by atoms with Gasteiger partial charge in [0.05, 0.1) is 19.1 Å². The van der Waals surface area contributed by atoms with Crippen LogP contribution in [0.4, 0.5) is 0 Å². The van der Waals surface area contributed by atoms with E-state index in [-0.39, 0.29) is 11.9 Å². The molecule has 1 aliphatic heterocycles. The average molecular weight is 232 g/mol. The van der Waals surface area contributed by atoms with Crippen LogP contribution in [0, 0.1) is 5.92 Å². The monoisotopic (exact) mass is 232 g/mol. The molecule has 0 saturated heterocycles. The maximum atomic E-state index is 11.6. The Labute approximate surface area is 101 Å². The smallest absolute Gasteiger partial charge is 0.309 e. The normalized spacial score (nSPS) is 25.0. The van der Waals surface area contributed by atoms with E-state index in [9.17, 15) is 4.79 Å². The van der Waals surface area contributed by atoms with Gasteiger partial charge in [-0.05, 0) is 30.9 Å². The fraction of sp³-hybridized carbons (Fsp3) is 0.500. The molecule has 1 heterocycles. The van der Waals surface area contributed by atoms with Crippen molar-refractivity contribution in [2.24, 2.45) is 5.92 Å². The molecule has 0 N–H and O–H groups in total. The highest BCUT2D eigenvalue weighted by molar-refractivity contribution is 5.77. The third-order valence-electron chi connectivity index (χ3n) is 3.56. The molecule has 0 unspecified atom stereocenters. The Bertz CT molecular complexity index is 453. The Kier molecular flexibility index (Phi) is 2.54. The molecular weight excluding hydrogens is 216 g/mol. The van der Waals surface area contributed by atoms with E-state index in [4.69, 9.17) is 9.47 Å². The van der Waals surface area contributed by atoms with E-state index >= 15 is 0 Å². The summed E-state index contributed by atoms with van der Waals surface area (Å²) in [6.45, 7) is 3.09. The highest BCUT2D eigenvalue weighted by atomic mass is 16.5. The van der Waals surface area contributed by atoms with Gasteiger partial charge in [0, 0.05) is 12.0 Å². The lowest BCUT2D eigenvalue weighted by molar-refractivity contribution is -0.144. The van der Waals surface area contributed by atoms with E-state index in [0.717, 1.165) is 25.2 Å². The van der Waals surface area contributed by atoms with Crippen molar-refractivity contribution in [3.05, 3.63) is 29.3 Å². The zero-order valence-corrected chi connectivity index (χ0v) is 9.94. The topological polar surface area (TPSA) is 35.5 Å². The summed E-state index contributed by atoms with van der Waals surface area (Å²) in [5, 5.41) is 0. The summed E-state index contributed by atoms with van der Waals surface area (Å²) in [6.07, 6.45) is 1.90. The van der Waals surface area contributed by atoms with Gasteiger partial charge in [0.2, 0.25) is 0 Å². The van der Waals surface area contributed by atoms with Gasteiger partial charge in [0.25, 0.3) is 0 Å². The van der Waals surface area contributed by atoms with Gasteiger partial charge < -0.3 is 9.47 Å². The van der Waals surface area contributed by atoms with Crippen molar-refractivity contribution in [1.82, 2.24) is 0 Å². The first-order valence-corrected chi connectivity index (χ1v) is 6.22. The van der Waals surface area contributed by atoms with E-state index in [1.54, 1.807) is 0 Å². The number of hydrogen-bond donors (Lipinski definition) is 0. The van der Waals surface area contributed by atoms with Gasteiger partial charge in [0.15, 0.2) is 0 Å². The van der Waals surface area contributed by atoms with Gasteiger partial charge in [-0.15, -0.1) is 0 Å². The second-order valence-electron chi connectivity index (χ2n) is 4.62. The van der Waals surface area contributed by atoms with Crippen LogP contribution in [0.5, 0.6) is 5.75 Å². The molecule has 1 saturated carbocycles. The molecule has 2 atom stereocenters. The lowest BCUT2D eigenvalue weighted by atomic mass is 10.00. The van der Waals surface area contributed by atoms with Gasteiger partial charge in [-0.2, -0.15) is 0 Å². The molecule has 0 bridgehead atoms. The average Bonchev–Trinajstić information content (AvgIpc) is 2.98. The van der Waals surface area contributed by atoms with Crippen molar-refractivity contribution in [3.63, 3.8) is 0 Å². The summed E-state index contributed by atoms with van der Waals surface area (Å²) >= 11 is 0. The van der Waals surface area contributed by atoms with Crippen molar-refractivity contribution in [2.75, 3.05) is 13.2 Å². The van der Waals surface area contributed by atoms with E-state index in [0.29, 0.717) is 12.5 Å². The number of benzene rings is 1. The first-order chi connectivity index (χ1) is 8.31. The van der Waals surface area contributed by atoms with Crippen molar-refractivity contribution in [3.8, 4) is 5.75 Å². The second-order valence-corrected chi connectivity index (χ2v) is 4.62. The van der Waals surface area contributed by atoms with E-state index in [1.165, 1.54) is 11.1 Å². The maximum absolute atomic E-state index is 11.6. The Morgan fingerprint density at radius 1 is 1.53 bits per heavy atom. The molecule has 0 aromatic heterocycles.